The molecule has 7 nitrogen and oxygen atoms in total. The van der Waals surface area contributed by atoms with Gasteiger partial charge in [0.1, 0.15) is 0 Å². The van der Waals surface area contributed by atoms with Crippen LogP contribution in [0.3, 0.4) is 0 Å². The molecule has 2 saturated heterocycles. The van der Waals surface area contributed by atoms with Gasteiger partial charge in [0, 0.05) is 44.9 Å². The summed E-state index contributed by atoms with van der Waals surface area (Å²) in [6.45, 7) is 3.07. The Morgan fingerprint density at radius 1 is 1.39 bits per heavy atom. The minimum atomic E-state index is -0.391. The van der Waals surface area contributed by atoms with E-state index < -0.39 is 5.92 Å². The number of aromatic nitrogens is 1. The molecule has 2 atom stereocenters. The van der Waals surface area contributed by atoms with Crippen molar-refractivity contribution >= 4 is 36.6 Å². The Kier molecular flexibility index (Phi) is 9.63. The van der Waals surface area contributed by atoms with Crippen LogP contribution >= 0.6 is 24.8 Å². The van der Waals surface area contributed by atoms with E-state index in [4.69, 9.17) is 4.74 Å². The van der Waals surface area contributed by atoms with E-state index in [0.717, 1.165) is 31.5 Å². The second kappa shape index (κ2) is 11.0. The third kappa shape index (κ3) is 5.35. The molecule has 0 saturated carbocycles. The molecule has 9 heteroatoms. The van der Waals surface area contributed by atoms with Crippen LogP contribution in [0, 0.1) is 11.3 Å². The van der Waals surface area contributed by atoms with Crippen molar-refractivity contribution in [2.75, 3.05) is 40.4 Å². The maximum Gasteiger partial charge on any atom is 0.226 e. The number of nitrogens with one attached hydrogen (secondary N) is 2. The van der Waals surface area contributed by atoms with E-state index in [1.165, 1.54) is 0 Å². The summed E-state index contributed by atoms with van der Waals surface area (Å²) in [5.74, 6) is -0.462. The Bertz CT molecular complexity index is 636. The molecular weight excluding hydrogens is 403 g/mol. The van der Waals surface area contributed by atoms with E-state index in [1.54, 1.807) is 31.5 Å². The fraction of sp³-hybridized carbons (Fsp3) is 0.632. The third-order valence-electron chi connectivity index (χ3n) is 5.70. The zero-order chi connectivity index (χ0) is 18.6. The van der Waals surface area contributed by atoms with E-state index in [9.17, 15) is 9.59 Å². The lowest BCUT2D eigenvalue weighted by Gasteiger charge is -2.37. The SMILES string of the molecule is COCC1(CNC(=O)C2CC(=O)N(C)C2c2cccnc2)CCNCC1.Cl.Cl. The molecule has 3 rings (SSSR count). The molecule has 1 aromatic heterocycles. The predicted molar refractivity (Wildman–Crippen MR) is 112 cm³/mol. The lowest BCUT2D eigenvalue weighted by Crippen LogP contribution is -2.48. The molecule has 2 N–H and O–H groups in total. The van der Waals surface area contributed by atoms with Crippen molar-refractivity contribution in [3.05, 3.63) is 30.1 Å². The van der Waals surface area contributed by atoms with Crippen molar-refractivity contribution in [2.45, 2.75) is 25.3 Å². The van der Waals surface area contributed by atoms with Gasteiger partial charge >= 0.3 is 0 Å². The average Bonchev–Trinajstić information content (AvgIpc) is 2.96. The zero-order valence-electron chi connectivity index (χ0n) is 16.3. The highest BCUT2D eigenvalue weighted by molar-refractivity contribution is 5.90. The molecule has 3 heterocycles. The number of pyridine rings is 1. The maximum absolute atomic E-state index is 12.9. The van der Waals surface area contributed by atoms with Crippen LogP contribution in [0.2, 0.25) is 0 Å². The molecule has 2 fully saturated rings. The molecule has 158 valence electrons. The summed E-state index contributed by atoms with van der Waals surface area (Å²) in [5, 5.41) is 6.47. The Morgan fingerprint density at radius 3 is 2.71 bits per heavy atom. The average molecular weight is 433 g/mol. The number of amides is 2. The van der Waals surface area contributed by atoms with Crippen LogP contribution in [0.5, 0.6) is 0 Å². The molecule has 0 radical (unpaired) electrons. The van der Waals surface area contributed by atoms with Crippen LogP contribution in [0.25, 0.3) is 0 Å². The van der Waals surface area contributed by atoms with E-state index in [2.05, 4.69) is 15.6 Å². The molecule has 1 aromatic rings. The normalized spacial score (nSPS) is 23.5. The van der Waals surface area contributed by atoms with Crippen molar-refractivity contribution in [1.29, 1.82) is 0 Å². The molecule has 28 heavy (non-hydrogen) atoms. The number of methoxy groups -OCH3 is 1. The largest absolute Gasteiger partial charge is 0.384 e. The lowest BCUT2D eigenvalue weighted by atomic mass is 9.79. The van der Waals surface area contributed by atoms with Gasteiger partial charge in [-0.25, -0.2) is 0 Å². The predicted octanol–water partition coefficient (Wildman–Crippen LogP) is 1.58. The van der Waals surface area contributed by atoms with Crippen LogP contribution in [-0.4, -0.2) is 62.1 Å². The number of carbonyl (C=O) groups excluding carboxylic acids is 2. The van der Waals surface area contributed by atoms with Gasteiger partial charge in [-0.3, -0.25) is 14.6 Å². The van der Waals surface area contributed by atoms with Gasteiger partial charge in [0.2, 0.25) is 11.8 Å². The number of hydrogen-bond donors (Lipinski definition) is 2. The van der Waals surface area contributed by atoms with E-state index in [-0.39, 0.29) is 54.5 Å². The summed E-state index contributed by atoms with van der Waals surface area (Å²) >= 11 is 0. The zero-order valence-corrected chi connectivity index (χ0v) is 18.0. The van der Waals surface area contributed by atoms with Crippen molar-refractivity contribution in [3.63, 3.8) is 0 Å². The fourth-order valence-electron chi connectivity index (χ4n) is 4.15. The Morgan fingerprint density at radius 2 is 2.11 bits per heavy atom. The summed E-state index contributed by atoms with van der Waals surface area (Å²) in [4.78, 5) is 31.0. The maximum atomic E-state index is 12.9. The highest BCUT2D eigenvalue weighted by Gasteiger charge is 2.43. The molecule has 0 bridgehead atoms. The molecule has 2 aliphatic rings. The molecule has 2 aliphatic heterocycles. The van der Waals surface area contributed by atoms with Crippen LogP contribution < -0.4 is 10.6 Å². The molecule has 0 aliphatic carbocycles. The fourth-order valence-corrected chi connectivity index (χ4v) is 4.15. The van der Waals surface area contributed by atoms with E-state index >= 15 is 0 Å². The van der Waals surface area contributed by atoms with Crippen LogP contribution in [0.4, 0.5) is 0 Å². The standard InChI is InChI=1S/C19H28N4O3.2ClH/c1-23-16(24)10-15(17(23)14-4-3-7-21-11-14)18(25)22-12-19(13-26-2)5-8-20-9-6-19;;/h3-4,7,11,15,17,20H,5-6,8-10,12-13H2,1-2H3,(H,22,25);2*1H. The minimum Gasteiger partial charge on any atom is -0.384 e. The number of hydrogen-bond acceptors (Lipinski definition) is 5. The quantitative estimate of drug-likeness (QED) is 0.712. The van der Waals surface area contributed by atoms with Gasteiger partial charge in [-0.1, -0.05) is 6.07 Å². The smallest absolute Gasteiger partial charge is 0.226 e. The number of carbonyl (C=O) groups is 2. The first kappa shape index (κ1) is 24.6. The Labute approximate surface area is 178 Å². The van der Waals surface area contributed by atoms with Gasteiger partial charge in [0.25, 0.3) is 0 Å². The summed E-state index contributed by atoms with van der Waals surface area (Å²) in [5.41, 5.74) is 0.864. The summed E-state index contributed by atoms with van der Waals surface area (Å²) in [6.07, 6.45) is 5.61. The highest BCUT2D eigenvalue weighted by Crippen LogP contribution is 2.37. The number of nitrogens with zero attached hydrogens (tertiary/aromatic N) is 2. The second-order valence-electron chi connectivity index (χ2n) is 7.45. The number of piperidine rings is 1. The second-order valence-corrected chi connectivity index (χ2v) is 7.45. The number of halogens is 2. The van der Waals surface area contributed by atoms with Crippen LogP contribution in [0.1, 0.15) is 30.9 Å². The Hall–Kier alpha value is -1.41. The molecule has 2 unspecified atom stereocenters. The van der Waals surface area contributed by atoms with Crippen LogP contribution in [0.15, 0.2) is 24.5 Å². The van der Waals surface area contributed by atoms with Crippen molar-refractivity contribution in [2.24, 2.45) is 11.3 Å². The first-order valence-electron chi connectivity index (χ1n) is 9.19. The first-order valence-corrected chi connectivity index (χ1v) is 9.19. The highest BCUT2D eigenvalue weighted by atomic mass is 35.5. The topological polar surface area (TPSA) is 83.6 Å². The van der Waals surface area contributed by atoms with Crippen LogP contribution in [-0.2, 0) is 14.3 Å². The molecular formula is C19H30Cl2N4O3. The van der Waals surface area contributed by atoms with Gasteiger partial charge in [0.05, 0.1) is 18.6 Å². The van der Waals surface area contributed by atoms with Crippen molar-refractivity contribution < 1.29 is 14.3 Å². The van der Waals surface area contributed by atoms with E-state index in [1.807, 2.05) is 12.1 Å². The van der Waals surface area contributed by atoms with Gasteiger partial charge in [0.15, 0.2) is 0 Å². The summed E-state index contributed by atoms with van der Waals surface area (Å²) in [6, 6.07) is 3.50. The van der Waals surface area contributed by atoms with E-state index in [0.29, 0.717) is 13.2 Å². The van der Waals surface area contributed by atoms with Gasteiger partial charge in [-0.05, 0) is 37.6 Å². The van der Waals surface area contributed by atoms with Crippen molar-refractivity contribution in [1.82, 2.24) is 20.5 Å². The van der Waals surface area contributed by atoms with Gasteiger partial charge < -0.3 is 20.3 Å². The molecule has 0 spiro atoms. The number of likely N-dealkylation sites (tertiary alicyclic amines) is 1. The van der Waals surface area contributed by atoms with Gasteiger partial charge in [-0.15, -0.1) is 24.8 Å². The monoisotopic (exact) mass is 432 g/mol. The minimum absolute atomic E-state index is 0. The Balaban J connectivity index is 0.00000196. The summed E-state index contributed by atoms with van der Waals surface area (Å²) in [7, 11) is 3.46. The van der Waals surface area contributed by atoms with Gasteiger partial charge in [-0.2, -0.15) is 0 Å². The third-order valence-corrected chi connectivity index (χ3v) is 5.70. The first-order chi connectivity index (χ1) is 12.6. The number of rotatable bonds is 6. The summed E-state index contributed by atoms with van der Waals surface area (Å²) < 4.78 is 5.42. The lowest BCUT2D eigenvalue weighted by molar-refractivity contribution is -0.128. The number of ether oxygens (including phenoxy) is 1. The van der Waals surface area contributed by atoms with Crippen molar-refractivity contribution in [3.8, 4) is 0 Å². The molecule has 2 amide bonds. The molecule has 0 aromatic carbocycles.